The lowest BCUT2D eigenvalue weighted by atomic mass is 9.66. The van der Waals surface area contributed by atoms with Crippen molar-refractivity contribution >= 4 is 5.97 Å². The van der Waals surface area contributed by atoms with Crippen LogP contribution in [0.3, 0.4) is 0 Å². The largest absolute Gasteiger partial charge is 0.481 e. The van der Waals surface area contributed by atoms with Crippen LogP contribution < -0.4 is 0 Å². The number of halogens is 4. The molecule has 1 spiro atoms. The summed E-state index contributed by atoms with van der Waals surface area (Å²) in [5.41, 5.74) is -1.43. The highest BCUT2D eigenvalue weighted by Crippen LogP contribution is 2.84. The number of hydrogen-bond acceptors (Lipinski definition) is 3. The van der Waals surface area contributed by atoms with Gasteiger partial charge in [0.25, 0.3) is 0 Å². The minimum atomic E-state index is -4.31. The molecular weight excluding hydrogens is 296 g/mol. The van der Waals surface area contributed by atoms with E-state index in [4.69, 9.17) is 9.47 Å². The molecule has 1 saturated heterocycles. The predicted molar refractivity (Wildman–Crippen MR) is 59.2 cm³/mol. The zero-order valence-corrected chi connectivity index (χ0v) is 11.0. The van der Waals surface area contributed by atoms with E-state index >= 15 is 0 Å². The van der Waals surface area contributed by atoms with Crippen molar-refractivity contribution < 1.29 is 36.9 Å². The third kappa shape index (κ3) is 1.40. The number of aliphatic carboxylic acids is 1. The quantitative estimate of drug-likeness (QED) is 0.752. The maximum Gasteiger partial charge on any atom is 0.335 e. The maximum atomic E-state index is 13.5. The molecule has 1 heterocycles. The molecule has 4 aliphatic rings. The molecule has 0 bridgehead atoms. The zero-order valence-electron chi connectivity index (χ0n) is 11.0. The Kier molecular flexibility index (Phi) is 2.31. The molecule has 3 aliphatic carbocycles. The summed E-state index contributed by atoms with van der Waals surface area (Å²) in [6.45, 7) is -2.75. The summed E-state index contributed by atoms with van der Waals surface area (Å²) >= 11 is 0. The van der Waals surface area contributed by atoms with E-state index in [1.165, 1.54) is 0 Å². The molecule has 5 unspecified atom stereocenters. The van der Waals surface area contributed by atoms with E-state index in [1.54, 1.807) is 0 Å². The number of carbonyl (C=O) groups is 1. The minimum absolute atomic E-state index is 0.106. The molecule has 1 aliphatic heterocycles. The zero-order chi connectivity index (χ0) is 15.3. The number of carboxylic acids is 1. The molecule has 0 aromatic carbocycles. The lowest BCUT2D eigenvalue weighted by molar-refractivity contribution is -0.253. The van der Waals surface area contributed by atoms with Crippen molar-refractivity contribution in [2.75, 3.05) is 13.2 Å². The fourth-order valence-corrected chi connectivity index (χ4v) is 4.69. The third-order valence-electron chi connectivity index (χ3n) is 5.90. The van der Waals surface area contributed by atoms with Crippen LogP contribution in [0.2, 0.25) is 0 Å². The maximum absolute atomic E-state index is 13.5. The lowest BCUT2D eigenvalue weighted by Crippen LogP contribution is -2.50. The first-order chi connectivity index (χ1) is 9.65. The van der Waals surface area contributed by atoms with Crippen molar-refractivity contribution in [1.82, 2.24) is 0 Å². The smallest absolute Gasteiger partial charge is 0.335 e. The molecule has 8 heteroatoms. The van der Waals surface area contributed by atoms with Gasteiger partial charge < -0.3 is 14.6 Å². The van der Waals surface area contributed by atoms with Crippen LogP contribution in [0.1, 0.15) is 19.3 Å². The first-order valence-electron chi connectivity index (χ1n) is 6.88. The Balaban J connectivity index is 1.63. The Morgan fingerprint density at radius 2 is 1.52 bits per heavy atom. The SMILES string of the molecule is O=C(O)C12CC3OCC(F)(F)C(F)(F)COC4CC1(C2)C34. The van der Waals surface area contributed by atoms with Gasteiger partial charge in [-0.3, -0.25) is 4.79 Å². The predicted octanol–water partition coefficient (Wildman–Crippen LogP) is 1.93. The molecule has 0 amide bonds. The molecule has 4 rings (SSSR count). The fourth-order valence-electron chi connectivity index (χ4n) is 4.69. The standard InChI is InChI=1S/C13H14F4O4/c14-12(15)4-20-6-1-10-3-11(10,9(18)19)2-7(8(6)10)21-5-13(12,16)17/h6-8H,1-5H2,(H,18,19). The highest BCUT2D eigenvalue weighted by atomic mass is 19.3. The molecule has 0 aromatic rings. The van der Waals surface area contributed by atoms with Gasteiger partial charge in [0, 0.05) is 5.92 Å². The Morgan fingerprint density at radius 3 is 2.05 bits per heavy atom. The van der Waals surface area contributed by atoms with E-state index in [-0.39, 0.29) is 12.3 Å². The third-order valence-corrected chi connectivity index (χ3v) is 5.90. The Hall–Kier alpha value is -0.890. The van der Waals surface area contributed by atoms with Crippen molar-refractivity contribution in [3.05, 3.63) is 0 Å². The van der Waals surface area contributed by atoms with Gasteiger partial charge in [-0.15, -0.1) is 0 Å². The molecule has 3 saturated carbocycles. The van der Waals surface area contributed by atoms with E-state index in [2.05, 4.69) is 0 Å². The first kappa shape index (κ1) is 13.8. The number of rotatable bonds is 1. The van der Waals surface area contributed by atoms with Gasteiger partial charge in [0.05, 0.1) is 17.6 Å². The highest BCUT2D eigenvalue weighted by molar-refractivity contribution is 5.82. The van der Waals surface area contributed by atoms with Crippen molar-refractivity contribution in [2.45, 2.75) is 43.3 Å². The molecule has 0 radical (unpaired) electrons. The highest BCUT2D eigenvalue weighted by Gasteiger charge is 2.87. The molecule has 118 valence electrons. The van der Waals surface area contributed by atoms with Crippen LogP contribution >= 0.6 is 0 Å². The van der Waals surface area contributed by atoms with Crippen molar-refractivity contribution in [3.8, 4) is 0 Å². The van der Waals surface area contributed by atoms with Gasteiger partial charge in [-0.1, -0.05) is 0 Å². The second kappa shape index (κ2) is 3.53. The van der Waals surface area contributed by atoms with Crippen molar-refractivity contribution in [2.24, 2.45) is 16.7 Å². The van der Waals surface area contributed by atoms with Gasteiger partial charge in [0.15, 0.2) is 0 Å². The van der Waals surface area contributed by atoms with Crippen LogP contribution in [0.4, 0.5) is 17.6 Å². The van der Waals surface area contributed by atoms with Gasteiger partial charge in [0.1, 0.15) is 13.2 Å². The molecule has 4 nitrogen and oxygen atoms in total. The van der Waals surface area contributed by atoms with Gasteiger partial charge in [-0.2, -0.15) is 17.6 Å². The fraction of sp³-hybridized carbons (Fsp3) is 0.923. The van der Waals surface area contributed by atoms with Gasteiger partial charge >= 0.3 is 17.8 Å². The average Bonchev–Trinajstić information content (AvgIpc) is 2.97. The van der Waals surface area contributed by atoms with Crippen LogP contribution in [0.25, 0.3) is 0 Å². The summed E-state index contributed by atoms with van der Waals surface area (Å²) < 4.78 is 63.9. The molecule has 21 heavy (non-hydrogen) atoms. The number of ether oxygens (including phenoxy) is 2. The summed E-state index contributed by atoms with van der Waals surface area (Å²) in [6, 6.07) is 0. The monoisotopic (exact) mass is 310 g/mol. The van der Waals surface area contributed by atoms with Crippen LogP contribution in [-0.2, 0) is 14.3 Å². The van der Waals surface area contributed by atoms with Crippen LogP contribution in [-0.4, -0.2) is 48.3 Å². The van der Waals surface area contributed by atoms with Gasteiger partial charge in [-0.25, -0.2) is 0 Å². The molecular formula is C13H14F4O4. The van der Waals surface area contributed by atoms with Crippen molar-refractivity contribution in [1.29, 1.82) is 0 Å². The van der Waals surface area contributed by atoms with E-state index in [0.29, 0.717) is 12.8 Å². The molecule has 1 N–H and O–H groups in total. The summed E-state index contributed by atoms with van der Waals surface area (Å²) in [6.07, 6.45) is -0.446. The van der Waals surface area contributed by atoms with Gasteiger partial charge in [-0.05, 0) is 24.7 Å². The molecule has 0 aromatic heterocycles. The van der Waals surface area contributed by atoms with E-state index in [0.717, 1.165) is 0 Å². The lowest BCUT2D eigenvalue weighted by Gasteiger charge is -2.45. The van der Waals surface area contributed by atoms with Crippen LogP contribution in [0, 0.1) is 16.7 Å². The second-order valence-corrected chi connectivity index (χ2v) is 6.76. The van der Waals surface area contributed by atoms with Crippen LogP contribution in [0.5, 0.6) is 0 Å². The van der Waals surface area contributed by atoms with E-state index in [1.807, 2.05) is 0 Å². The normalized spacial score (nSPS) is 52.5. The van der Waals surface area contributed by atoms with Crippen molar-refractivity contribution in [3.63, 3.8) is 0 Å². The number of hydrogen-bond donors (Lipinski definition) is 1. The average molecular weight is 310 g/mol. The van der Waals surface area contributed by atoms with Crippen LogP contribution in [0.15, 0.2) is 0 Å². The minimum Gasteiger partial charge on any atom is -0.481 e. The molecule has 5 atom stereocenters. The number of alkyl halides is 4. The van der Waals surface area contributed by atoms with Gasteiger partial charge in [0.2, 0.25) is 0 Å². The second-order valence-electron chi connectivity index (χ2n) is 6.76. The topological polar surface area (TPSA) is 55.8 Å². The summed E-state index contributed by atoms with van der Waals surface area (Å²) in [4.78, 5) is 11.4. The Bertz CT molecular complexity index is 524. The summed E-state index contributed by atoms with van der Waals surface area (Å²) in [7, 11) is 0. The van der Waals surface area contributed by atoms with E-state index < -0.39 is 54.1 Å². The number of carboxylic acid groups (broad SMARTS) is 1. The Labute approximate surface area is 117 Å². The first-order valence-corrected chi connectivity index (χ1v) is 6.88. The Morgan fingerprint density at radius 1 is 1.00 bits per heavy atom. The molecule has 4 fully saturated rings. The van der Waals surface area contributed by atoms with E-state index in [9.17, 15) is 27.5 Å². The summed E-state index contributed by atoms with van der Waals surface area (Å²) in [5.74, 6) is -9.90. The summed E-state index contributed by atoms with van der Waals surface area (Å²) in [5, 5.41) is 9.37.